The Kier molecular flexibility index (Phi) is 6.75. The molecule has 1 aromatic carbocycles. The Morgan fingerprint density at radius 1 is 1.14 bits per heavy atom. The standard InChI is InChI=1S/C18H21F2N3O5S/c1-5-28-18(25)16-10(2)23(4)11(3)17(16)29(26,27)21-9-15(24)22-12-6-7-13(19)14(20)8-12/h6-8,21H,5,9H2,1-4H3,(H,22,24). The lowest BCUT2D eigenvalue weighted by Gasteiger charge is -2.10. The van der Waals surface area contributed by atoms with Crippen molar-refractivity contribution < 1.29 is 31.5 Å². The molecule has 0 radical (unpaired) electrons. The van der Waals surface area contributed by atoms with Gasteiger partial charge in [0, 0.05) is 30.2 Å². The highest BCUT2D eigenvalue weighted by Crippen LogP contribution is 2.26. The number of halogens is 2. The van der Waals surface area contributed by atoms with Gasteiger partial charge in [0.15, 0.2) is 11.6 Å². The molecule has 1 heterocycles. The van der Waals surface area contributed by atoms with Gasteiger partial charge in [0.1, 0.15) is 10.5 Å². The molecule has 8 nitrogen and oxygen atoms in total. The van der Waals surface area contributed by atoms with Gasteiger partial charge in [-0.25, -0.2) is 26.7 Å². The molecular weight excluding hydrogens is 408 g/mol. The van der Waals surface area contributed by atoms with E-state index in [9.17, 15) is 26.8 Å². The van der Waals surface area contributed by atoms with Gasteiger partial charge in [-0.05, 0) is 32.9 Å². The van der Waals surface area contributed by atoms with E-state index in [1.54, 1.807) is 20.9 Å². The summed E-state index contributed by atoms with van der Waals surface area (Å²) >= 11 is 0. The van der Waals surface area contributed by atoms with Crippen LogP contribution in [-0.4, -0.2) is 38.0 Å². The topological polar surface area (TPSA) is 106 Å². The number of aromatic nitrogens is 1. The summed E-state index contributed by atoms with van der Waals surface area (Å²) in [7, 11) is -2.66. The van der Waals surface area contributed by atoms with Crippen LogP contribution in [0.2, 0.25) is 0 Å². The Morgan fingerprint density at radius 2 is 1.79 bits per heavy atom. The van der Waals surface area contributed by atoms with Crippen molar-refractivity contribution in [1.82, 2.24) is 9.29 Å². The molecule has 158 valence electrons. The molecular formula is C18H21F2N3O5S. The van der Waals surface area contributed by atoms with Crippen LogP contribution in [0.1, 0.15) is 28.7 Å². The van der Waals surface area contributed by atoms with Crippen molar-refractivity contribution in [1.29, 1.82) is 0 Å². The highest BCUT2D eigenvalue weighted by atomic mass is 32.2. The van der Waals surface area contributed by atoms with Crippen LogP contribution >= 0.6 is 0 Å². The molecule has 2 aromatic rings. The van der Waals surface area contributed by atoms with Crippen LogP contribution in [0, 0.1) is 25.5 Å². The van der Waals surface area contributed by atoms with E-state index in [1.165, 1.54) is 11.5 Å². The molecule has 29 heavy (non-hydrogen) atoms. The van der Waals surface area contributed by atoms with E-state index in [-0.39, 0.29) is 22.8 Å². The number of nitrogens with zero attached hydrogens (tertiary/aromatic N) is 1. The predicted molar refractivity (Wildman–Crippen MR) is 101 cm³/mol. The molecule has 0 unspecified atom stereocenters. The van der Waals surface area contributed by atoms with Crippen LogP contribution < -0.4 is 10.0 Å². The first-order chi connectivity index (χ1) is 13.5. The van der Waals surface area contributed by atoms with E-state index in [4.69, 9.17) is 4.74 Å². The van der Waals surface area contributed by atoms with Crippen LogP contribution in [0.25, 0.3) is 0 Å². The lowest BCUT2D eigenvalue weighted by Crippen LogP contribution is -2.34. The van der Waals surface area contributed by atoms with E-state index >= 15 is 0 Å². The second kappa shape index (κ2) is 8.70. The van der Waals surface area contributed by atoms with E-state index in [0.29, 0.717) is 11.4 Å². The molecule has 0 atom stereocenters. The second-order valence-electron chi connectivity index (χ2n) is 6.16. The fourth-order valence-electron chi connectivity index (χ4n) is 2.70. The molecule has 0 aliphatic heterocycles. The Morgan fingerprint density at radius 3 is 2.38 bits per heavy atom. The van der Waals surface area contributed by atoms with E-state index in [2.05, 4.69) is 10.0 Å². The van der Waals surface area contributed by atoms with E-state index < -0.39 is 40.1 Å². The van der Waals surface area contributed by atoms with Crippen molar-refractivity contribution in [3.63, 3.8) is 0 Å². The molecule has 0 bridgehead atoms. The zero-order valence-corrected chi connectivity index (χ0v) is 17.1. The maximum atomic E-state index is 13.2. The smallest absolute Gasteiger partial charge is 0.341 e. The highest BCUT2D eigenvalue weighted by Gasteiger charge is 2.31. The summed E-state index contributed by atoms with van der Waals surface area (Å²) in [5, 5.41) is 2.25. The first kappa shape index (κ1) is 22.5. The molecule has 0 aliphatic carbocycles. The largest absolute Gasteiger partial charge is 0.462 e. The fourth-order valence-corrected chi connectivity index (χ4v) is 4.19. The summed E-state index contributed by atoms with van der Waals surface area (Å²) in [4.78, 5) is 24.0. The van der Waals surface area contributed by atoms with Crippen molar-refractivity contribution in [3.05, 3.63) is 46.8 Å². The molecule has 11 heteroatoms. The Balaban J connectivity index is 2.23. The number of carbonyl (C=O) groups is 2. The van der Waals surface area contributed by atoms with Gasteiger partial charge in [-0.3, -0.25) is 4.79 Å². The van der Waals surface area contributed by atoms with Gasteiger partial charge in [0.2, 0.25) is 15.9 Å². The average molecular weight is 429 g/mol. The minimum atomic E-state index is -4.26. The first-order valence-corrected chi connectivity index (χ1v) is 10.1. The van der Waals surface area contributed by atoms with Crippen LogP contribution in [0.15, 0.2) is 23.1 Å². The van der Waals surface area contributed by atoms with E-state index in [0.717, 1.165) is 18.2 Å². The molecule has 0 spiro atoms. The van der Waals surface area contributed by atoms with Crippen LogP contribution in [-0.2, 0) is 26.6 Å². The van der Waals surface area contributed by atoms with Gasteiger partial charge in [0.25, 0.3) is 0 Å². The second-order valence-corrected chi connectivity index (χ2v) is 7.86. The summed E-state index contributed by atoms with van der Waals surface area (Å²) in [5.74, 6) is -3.83. The van der Waals surface area contributed by atoms with Crippen LogP contribution in [0.3, 0.4) is 0 Å². The number of esters is 1. The maximum absolute atomic E-state index is 13.2. The van der Waals surface area contributed by atoms with Crippen molar-refractivity contribution in [2.75, 3.05) is 18.5 Å². The number of nitrogens with one attached hydrogen (secondary N) is 2. The lowest BCUT2D eigenvalue weighted by atomic mass is 10.2. The Labute approximate surface area is 166 Å². The summed E-state index contributed by atoms with van der Waals surface area (Å²) in [6.07, 6.45) is 0. The van der Waals surface area contributed by atoms with Gasteiger partial charge < -0.3 is 14.6 Å². The number of anilines is 1. The van der Waals surface area contributed by atoms with Crippen LogP contribution in [0.5, 0.6) is 0 Å². The predicted octanol–water partition coefficient (Wildman–Crippen LogP) is 2.01. The SMILES string of the molecule is CCOC(=O)c1c(S(=O)(=O)NCC(=O)Nc2ccc(F)c(F)c2)c(C)n(C)c1C. The van der Waals surface area contributed by atoms with Gasteiger partial charge in [0.05, 0.1) is 13.2 Å². The van der Waals surface area contributed by atoms with Crippen molar-refractivity contribution in [3.8, 4) is 0 Å². The third-order valence-electron chi connectivity index (χ3n) is 4.30. The quantitative estimate of drug-likeness (QED) is 0.655. The highest BCUT2D eigenvalue weighted by molar-refractivity contribution is 7.89. The van der Waals surface area contributed by atoms with Gasteiger partial charge >= 0.3 is 5.97 Å². The summed E-state index contributed by atoms with van der Waals surface area (Å²) in [6.45, 7) is 4.07. The molecule has 1 aromatic heterocycles. The third-order valence-corrected chi connectivity index (χ3v) is 5.86. The minimum absolute atomic E-state index is 0.0351. The number of ether oxygens (including phenoxy) is 1. The van der Waals surface area contributed by atoms with Crippen LogP contribution in [0.4, 0.5) is 14.5 Å². The summed E-state index contributed by atoms with van der Waals surface area (Å²) in [6, 6.07) is 2.73. The monoisotopic (exact) mass is 429 g/mol. The number of rotatable bonds is 7. The Hall–Kier alpha value is -2.79. The number of sulfonamides is 1. The lowest BCUT2D eigenvalue weighted by molar-refractivity contribution is -0.115. The van der Waals surface area contributed by atoms with Crippen molar-refractivity contribution in [2.24, 2.45) is 7.05 Å². The molecule has 0 saturated carbocycles. The third kappa shape index (κ3) is 4.80. The summed E-state index contributed by atoms with van der Waals surface area (Å²) in [5.41, 5.74) is 0.541. The molecule has 2 N–H and O–H groups in total. The molecule has 0 fully saturated rings. The van der Waals surface area contributed by atoms with E-state index in [1.807, 2.05) is 0 Å². The van der Waals surface area contributed by atoms with Crippen molar-refractivity contribution in [2.45, 2.75) is 25.7 Å². The number of hydrogen-bond donors (Lipinski definition) is 2. The molecule has 1 amide bonds. The zero-order valence-electron chi connectivity index (χ0n) is 16.3. The minimum Gasteiger partial charge on any atom is -0.462 e. The molecule has 0 aliphatic rings. The number of benzene rings is 1. The van der Waals surface area contributed by atoms with Gasteiger partial charge in [-0.1, -0.05) is 0 Å². The first-order valence-electron chi connectivity index (χ1n) is 8.57. The maximum Gasteiger partial charge on any atom is 0.341 e. The Bertz CT molecular complexity index is 1060. The normalized spacial score (nSPS) is 11.4. The summed E-state index contributed by atoms with van der Waals surface area (Å²) < 4.78 is 60.3. The van der Waals surface area contributed by atoms with Gasteiger partial charge in [-0.2, -0.15) is 0 Å². The van der Waals surface area contributed by atoms with Crippen molar-refractivity contribution >= 4 is 27.6 Å². The zero-order chi connectivity index (χ0) is 21.9. The number of amides is 1. The molecule has 0 saturated heterocycles. The number of carbonyl (C=O) groups excluding carboxylic acids is 2. The fraction of sp³-hybridized carbons (Fsp3) is 0.333. The number of hydrogen-bond acceptors (Lipinski definition) is 5. The van der Waals surface area contributed by atoms with Gasteiger partial charge in [-0.15, -0.1) is 0 Å². The average Bonchev–Trinajstić information content (AvgIpc) is 2.88. The molecule has 2 rings (SSSR count).